The molecule has 2 rings (SSSR count). The molecule has 16 heavy (non-hydrogen) atoms. The fourth-order valence-corrected chi connectivity index (χ4v) is 1.99. The summed E-state index contributed by atoms with van der Waals surface area (Å²) in [6.45, 7) is 4.98. The molecule has 0 heterocycles. The predicted octanol–water partition coefficient (Wildman–Crippen LogP) is 3.59. The van der Waals surface area contributed by atoms with Crippen molar-refractivity contribution in [2.24, 2.45) is 0 Å². The van der Waals surface area contributed by atoms with Gasteiger partial charge >= 0.3 is 0 Å². The minimum atomic E-state index is -0.114. The van der Waals surface area contributed by atoms with E-state index in [4.69, 9.17) is 0 Å². The van der Waals surface area contributed by atoms with Crippen LogP contribution in [0.5, 0.6) is 0 Å². The topological polar surface area (TPSA) is 12.0 Å². The second-order valence-corrected chi connectivity index (χ2v) is 5.06. The molecule has 0 amide bonds. The summed E-state index contributed by atoms with van der Waals surface area (Å²) in [5.41, 5.74) is 2.15. The van der Waals surface area contributed by atoms with Crippen molar-refractivity contribution in [2.75, 3.05) is 0 Å². The van der Waals surface area contributed by atoms with Crippen molar-refractivity contribution in [1.82, 2.24) is 5.32 Å². The van der Waals surface area contributed by atoms with Crippen LogP contribution in [0.15, 0.2) is 18.2 Å². The first-order valence-corrected chi connectivity index (χ1v) is 6.18. The Labute approximate surface area is 97.1 Å². The van der Waals surface area contributed by atoms with Gasteiger partial charge in [0, 0.05) is 12.6 Å². The number of hydrogen-bond donors (Lipinski definition) is 1. The molecule has 1 saturated carbocycles. The lowest BCUT2D eigenvalue weighted by atomic mass is 9.93. The second-order valence-electron chi connectivity index (χ2n) is 5.06. The molecular formula is C14H20FN. The number of benzene rings is 1. The molecule has 0 aromatic heterocycles. The van der Waals surface area contributed by atoms with E-state index in [0.717, 1.165) is 17.7 Å². The first-order valence-electron chi connectivity index (χ1n) is 6.18. The molecule has 1 fully saturated rings. The molecule has 1 N–H and O–H groups in total. The van der Waals surface area contributed by atoms with Crippen LogP contribution in [-0.2, 0) is 6.54 Å². The molecule has 0 bridgehead atoms. The average Bonchev–Trinajstić information content (AvgIpc) is 2.14. The molecular weight excluding hydrogens is 201 g/mol. The minimum Gasteiger partial charge on any atom is -0.310 e. The van der Waals surface area contributed by atoms with Crippen LogP contribution in [0, 0.1) is 5.82 Å². The van der Waals surface area contributed by atoms with E-state index in [1.165, 1.54) is 19.3 Å². The van der Waals surface area contributed by atoms with Crippen LogP contribution < -0.4 is 5.32 Å². The molecule has 0 radical (unpaired) electrons. The molecule has 1 nitrogen and oxygen atoms in total. The van der Waals surface area contributed by atoms with Gasteiger partial charge in [-0.25, -0.2) is 4.39 Å². The zero-order valence-electron chi connectivity index (χ0n) is 10.1. The Morgan fingerprint density at radius 1 is 1.31 bits per heavy atom. The van der Waals surface area contributed by atoms with Crippen LogP contribution in [0.4, 0.5) is 4.39 Å². The maximum Gasteiger partial charge on any atom is 0.123 e. The molecule has 2 heteroatoms. The second kappa shape index (κ2) is 4.96. The SMILES string of the molecule is CC(C)c1cc(F)cc(CNC2CCC2)c1. The Bertz CT molecular complexity index is 356. The van der Waals surface area contributed by atoms with E-state index in [-0.39, 0.29) is 5.82 Å². The fourth-order valence-electron chi connectivity index (χ4n) is 1.99. The largest absolute Gasteiger partial charge is 0.310 e. The van der Waals surface area contributed by atoms with E-state index in [9.17, 15) is 4.39 Å². The lowest BCUT2D eigenvalue weighted by Crippen LogP contribution is -2.34. The molecule has 0 aliphatic heterocycles. The highest BCUT2D eigenvalue weighted by molar-refractivity contribution is 5.26. The van der Waals surface area contributed by atoms with Crippen molar-refractivity contribution >= 4 is 0 Å². The highest BCUT2D eigenvalue weighted by atomic mass is 19.1. The predicted molar refractivity (Wildman–Crippen MR) is 65.0 cm³/mol. The van der Waals surface area contributed by atoms with Gasteiger partial charge in [0.15, 0.2) is 0 Å². The van der Waals surface area contributed by atoms with Crippen LogP contribution in [-0.4, -0.2) is 6.04 Å². The van der Waals surface area contributed by atoms with Crippen LogP contribution >= 0.6 is 0 Å². The van der Waals surface area contributed by atoms with Gasteiger partial charge in [-0.2, -0.15) is 0 Å². The van der Waals surface area contributed by atoms with E-state index in [0.29, 0.717) is 12.0 Å². The first kappa shape index (κ1) is 11.6. The van der Waals surface area contributed by atoms with Crippen LogP contribution in [0.25, 0.3) is 0 Å². The van der Waals surface area contributed by atoms with E-state index in [2.05, 4.69) is 25.2 Å². The summed E-state index contributed by atoms with van der Waals surface area (Å²) >= 11 is 0. The normalized spacial score (nSPS) is 16.5. The summed E-state index contributed by atoms with van der Waals surface area (Å²) in [5.74, 6) is 0.273. The smallest absolute Gasteiger partial charge is 0.123 e. The van der Waals surface area contributed by atoms with Gasteiger partial charge in [0.25, 0.3) is 0 Å². The molecule has 0 atom stereocenters. The van der Waals surface area contributed by atoms with Crippen molar-refractivity contribution in [3.05, 3.63) is 35.1 Å². The molecule has 0 spiro atoms. The van der Waals surface area contributed by atoms with Crippen LogP contribution in [0.3, 0.4) is 0 Å². The van der Waals surface area contributed by atoms with Crippen molar-refractivity contribution in [3.8, 4) is 0 Å². The third kappa shape index (κ3) is 2.82. The zero-order chi connectivity index (χ0) is 11.5. The van der Waals surface area contributed by atoms with Crippen LogP contribution in [0.2, 0.25) is 0 Å². The van der Waals surface area contributed by atoms with Gasteiger partial charge in [-0.3, -0.25) is 0 Å². The number of hydrogen-bond acceptors (Lipinski definition) is 1. The monoisotopic (exact) mass is 221 g/mol. The summed E-state index contributed by atoms with van der Waals surface area (Å²) in [4.78, 5) is 0. The molecule has 88 valence electrons. The van der Waals surface area contributed by atoms with Crippen LogP contribution in [0.1, 0.15) is 50.2 Å². The van der Waals surface area contributed by atoms with E-state index >= 15 is 0 Å². The Hall–Kier alpha value is -0.890. The third-order valence-corrected chi connectivity index (χ3v) is 3.35. The van der Waals surface area contributed by atoms with Gasteiger partial charge < -0.3 is 5.32 Å². The van der Waals surface area contributed by atoms with E-state index in [1.807, 2.05) is 0 Å². The molecule has 1 aromatic rings. The molecule has 0 unspecified atom stereocenters. The maximum atomic E-state index is 13.4. The summed E-state index contributed by atoms with van der Waals surface area (Å²) in [7, 11) is 0. The third-order valence-electron chi connectivity index (χ3n) is 3.35. The van der Waals surface area contributed by atoms with Gasteiger partial charge in [-0.05, 0) is 42.0 Å². The van der Waals surface area contributed by atoms with Gasteiger partial charge in [0.1, 0.15) is 5.82 Å². The average molecular weight is 221 g/mol. The summed E-state index contributed by atoms with van der Waals surface area (Å²) in [6, 6.07) is 6.04. The Balaban J connectivity index is 2.01. The van der Waals surface area contributed by atoms with Crippen molar-refractivity contribution < 1.29 is 4.39 Å². The van der Waals surface area contributed by atoms with E-state index in [1.54, 1.807) is 12.1 Å². The summed E-state index contributed by atoms with van der Waals surface area (Å²) in [6.07, 6.45) is 3.87. The summed E-state index contributed by atoms with van der Waals surface area (Å²) in [5, 5.41) is 3.46. The van der Waals surface area contributed by atoms with E-state index < -0.39 is 0 Å². The van der Waals surface area contributed by atoms with Crippen molar-refractivity contribution in [2.45, 2.75) is 51.6 Å². The molecule has 1 aromatic carbocycles. The highest BCUT2D eigenvalue weighted by Crippen LogP contribution is 2.20. The molecule has 1 aliphatic carbocycles. The quantitative estimate of drug-likeness (QED) is 0.819. The first-order chi connectivity index (χ1) is 7.65. The number of nitrogens with one attached hydrogen (secondary N) is 1. The Morgan fingerprint density at radius 3 is 2.62 bits per heavy atom. The number of halogens is 1. The Kier molecular flexibility index (Phi) is 3.59. The standard InChI is InChI=1S/C14H20FN/c1-10(2)12-6-11(7-13(15)8-12)9-16-14-4-3-5-14/h6-8,10,14,16H,3-5,9H2,1-2H3. The maximum absolute atomic E-state index is 13.4. The minimum absolute atomic E-state index is 0.114. The Morgan fingerprint density at radius 2 is 2.06 bits per heavy atom. The van der Waals surface area contributed by atoms with Crippen molar-refractivity contribution in [3.63, 3.8) is 0 Å². The van der Waals surface area contributed by atoms with Gasteiger partial charge in [0.2, 0.25) is 0 Å². The molecule has 1 aliphatic rings. The number of rotatable bonds is 4. The zero-order valence-corrected chi connectivity index (χ0v) is 10.1. The van der Waals surface area contributed by atoms with Gasteiger partial charge in [-0.1, -0.05) is 26.3 Å². The van der Waals surface area contributed by atoms with Crippen molar-refractivity contribution in [1.29, 1.82) is 0 Å². The lowest BCUT2D eigenvalue weighted by Gasteiger charge is -2.26. The summed E-state index contributed by atoms with van der Waals surface area (Å²) < 4.78 is 13.4. The fraction of sp³-hybridized carbons (Fsp3) is 0.571. The molecule has 0 saturated heterocycles. The highest BCUT2D eigenvalue weighted by Gasteiger charge is 2.16. The van der Waals surface area contributed by atoms with Gasteiger partial charge in [0.05, 0.1) is 0 Å². The lowest BCUT2D eigenvalue weighted by molar-refractivity contribution is 0.338. The van der Waals surface area contributed by atoms with Gasteiger partial charge in [-0.15, -0.1) is 0 Å².